The Kier molecular flexibility index (Phi) is 4.76. The highest BCUT2D eigenvalue weighted by Gasteiger charge is 2.32. The van der Waals surface area contributed by atoms with Crippen LogP contribution in [0, 0.1) is 0 Å². The molecule has 0 aliphatic heterocycles. The van der Waals surface area contributed by atoms with Crippen molar-refractivity contribution >= 4 is 23.0 Å². The number of benzene rings is 1. The Morgan fingerprint density at radius 1 is 1.26 bits per heavy atom. The smallest absolute Gasteiger partial charge is 0.261 e. The van der Waals surface area contributed by atoms with Gasteiger partial charge in [0.15, 0.2) is 12.4 Å². The van der Waals surface area contributed by atoms with Gasteiger partial charge in [-0.15, -0.1) is 11.3 Å². The average molecular weight is 329 g/mol. The summed E-state index contributed by atoms with van der Waals surface area (Å²) >= 11 is 1.66. The molecule has 0 spiro atoms. The first kappa shape index (κ1) is 15.7. The topological polar surface area (TPSA) is 46.6 Å². The van der Waals surface area contributed by atoms with E-state index in [0.717, 1.165) is 12.8 Å². The first-order valence-electron chi connectivity index (χ1n) is 7.69. The second-order valence-electron chi connectivity index (χ2n) is 5.70. The maximum atomic E-state index is 12.5. The Morgan fingerprint density at radius 2 is 2.09 bits per heavy atom. The van der Waals surface area contributed by atoms with Crippen LogP contribution in [0.25, 0.3) is 0 Å². The third-order valence-electron chi connectivity index (χ3n) is 3.82. The number of nitrogens with zero attached hydrogens (tertiary/aromatic N) is 1. The maximum absolute atomic E-state index is 12.5. The number of ether oxygens (including phenoxy) is 1. The van der Waals surface area contributed by atoms with Crippen molar-refractivity contribution in [3.8, 4) is 5.75 Å². The van der Waals surface area contributed by atoms with Gasteiger partial charge in [0.2, 0.25) is 0 Å². The van der Waals surface area contributed by atoms with Gasteiger partial charge >= 0.3 is 0 Å². The van der Waals surface area contributed by atoms with Gasteiger partial charge in [-0.2, -0.15) is 0 Å². The lowest BCUT2D eigenvalue weighted by Gasteiger charge is -2.22. The van der Waals surface area contributed by atoms with E-state index in [9.17, 15) is 9.59 Å². The van der Waals surface area contributed by atoms with Gasteiger partial charge in [0.1, 0.15) is 5.75 Å². The van der Waals surface area contributed by atoms with E-state index >= 15 is 0 Å². The number of Topliss-reactive ketones (excluding diaryl/α,β-unsaturated/α-hetero) is 1. The lowest BCUT2D eigenvalue weighted by atomic mass is 10.1. The first-order valence-corrected chi connectivity index (χ1v) is 8.57. The molecule has 1 aromatic heterocycles. The van der Waals surface area contributed by atoms with E-state index in [1.54, 1.807) is 35.6 Å². The van der Waals surface area contributed by atoms with Gasteiger partial charge in [0, 0.05) is 16.5 Å². The summed E-state index contributed by atoms with van der Waals surface area (Å²) in [5, 5.41) is 2.02. The second kappa shape index (κ2) is 6.96. The highest BCUT2D eigenvalue weighted by molar-refractivity contribution is 7.09. The summed E-state index contributed by atoms with van der Waals surface area (Å²) in [6, 6.07) is 11.3. The number of hydrogen-bond donors (Lipinski definition) is 0. The molecule has 1 amide bonds. The Morgan fingerprint density at radius 3 is 2.74 bits per heavy atom. The Labute approximate surface area is 139 Å². The van der Waals surface area contributed by atoms with Crippen LogP contribution in [0.1, 0.15) is 35.0 Å². The molecule has 23 heavy (non-hydrogen) atoms. The summed E-state index contributed by atoms with van der Waals surface area (Å²) in [6.45, 7) is 2.17. The fourth-order valence-electron chi connectivity index (χ4n) is 2.41. The van der Waals surface area contributed by atoms with E-state index < -0.39 is 0 Å². The van der Waals surface area contributed by atoms with Crippen molar-refractivity contribution in [1.82, 2.24) is 4.90 Å². The predicted molar refractivity (Wildman–Crippen MR) is 89.8 cm³/mol. The van der Waals surface area contributed by atoms with Crippen molar-refractivity contribution in [3.05, 3.63) is 52.2 Å². The molecular formula is C18H19NO3S. The zero-order chi connectivity index (χ0) is 16.2. The van der Waals surface area contributed by atoms with Crippen LogP contribution in [-0.2, 0) is 11.3 Å². The summed E-state index contributed by atoms with van der Waals surface area (Å²) in [6.07, 6.45) is 2.13. The molecule has 0 unspecified atom stereocenters. The number of rotatable bonds is 7. The standard InChI is InChI=1S/C18H19NO3S/c1-13(20)14-4-2-5-16(10-14)22-12-18(21)19(15-7-8-15)11-17-6-3-9-23-17/h2-6,9-10,15H,7-8,11-12H2,1H3. The molecule has 1 heterocycles. The lowest BCUT2D eigenvalue weighted by molar-refractivity contribution is -0.134. The summed E-state index contributed by atoms with van der Waals surface area (Å²) in [4.78, 5) is 27.0. The molecule has 0 N–H and O–H groups in total. The normalized spacial score (nSPS) is 13.6. The zero-order valence-corrected chi connectivity index (χ0v) is 13.8. The minimum absolute atomic E-state index is 0.00321. The summed E-state index contributed by atoms with van der Waals surface area (Å²) in [5.41, 5.74) is 0.590. The van der Waals surface area contributed by atoms with Crippen LogP contribution in [-0.4, -0.2) is 29.2 Å². The van der Waals surface area contributed by atoms with Crippen LogP contribution in [0.3, 0.4) is 0 Å². The molecule has 0 atom stereocenters. The number of hydrogen-bond acceptors (Lipinski definition) is 4. The van der Waals surface area contributed by atoms with Gasteiger partial charge in [-0.05, 0) is 43.3 Å². The molecule has 1 aromatic carbocycles. The van der Waals surface area contributed by atoms with Crippen molar-refractivity contribution in [2.45, 2.75) is 32.4 Å². The van der Waals surface area contributed by atoms with Crippen molar-refractivity contribution in [2.24, 2.45) is 0 Å². The van der Waals surface area contributed by atoms with Crippen molar-refractivity contribution in [3.63, 3.8) is 0 Å². The number of carbonyl (C=O) groups is 2. The fourth-order valence-corrected chi connectivity index (χ4v) is 3.11. The Balaban J connectivity index is 1.61. The first-order chi connectivity index (χ1) is 11.1. The molecule has 2 aromatic rings. The molecule has 1 aliphatic carbocycles. The van der Waals surface area contributed by atoms with Crippen molar-refractivity contribution < 1.29 is 14.3 Å². The number of carbonyl (C=O) groups excluding carboxylic acids is 2. The van der Waals surface area contributed by atoms with E-state index in [-0.39, 0.29) is 18.3 Å². The van der Waals surface area contributed by atoms with Crippen LogP contribution in [0.5, 0.6) is 5.75 Å². The summed E-state index contributed by atoms with van der Waals surface area (Å²) < 4.78 is 5.60. The van der Waals surface area contributed by atoms with Gasteiger partial charge in [-0.25, -0.2) is 0 Å². The van der Waals surface area contributed by atoms with Crippen LogP contribution in [0.15, 0.2) is 41.8 Å². The molecule has 0 bridgehead atoms. The highest BCUT2D eigenvalue weighted by atomic mass is 32.1. The summed E-state index contributed by atoms with van der Waals surface area (Å²) in [5.74, 6) is 0.533. The lowest BCUT2D eigenvalue weighted by Crippen LogP contribution is -2.36. The van der Waals surface area contributed by atoms with Crippen LogP contribution >= 0.6 is 11.3 Å². The van der Waals surface area contributed by atoms with Crippen molar-refractivity contribution in [1.29, 1.82) is 0 Å². The van der Waals surface area contributed by atoms with E-state index in [0.29, 0.717) is 23.9 Å². The second-order valence-corrected chi connectivity index (χ2v) is 6.74. The van der Waals surface area contributed by atoms with Gasteiger partial charge in [0.05, 0.1) is 6.54 Å². The SMILES string of the molecule is CC(=O)c1cccc(OCC(=O)N(Cc2cccs2)C2CC2)c1. The minimum atomic E-state index is -0.0147. The molecule has 5 heteroatoms. The molecule has 120 valence electrons. The van der Waals surface area contributed by atoms with Gasteiger partial charge in [0.25, 0.3) is 5.91 Å². The van der Waals surface area contributed by atoms with Gasteiger partial charge in [-0.3, -0.25) is 9.59 Å². The van der Waals surface area contributed by atoms with E-state index in [1.807, 2.05) is 22.4 Å². The monoisotopic (exact) mass is 329 g/mol. The molecule has 1 aliphatic rings. The fraction of sp³-hybridized carbons (Fsp3) is 0.333. The average Bonchev–Trinajstić information content (AvgIpc) is 3.26. The van der Waals surface area contributed by atoms with Gasteiger partial charge in [-0.1, -0.05) is 18.2 Å². The van der Waals surface area contributed by atoms with Crippen LogP contribution in [0.4, 0.5) is 0 Å². The molecule has 1 fully saturated rings. The molecule has 1 saturated carbocycles. The third kappa shape index (κ3) is 4.20. The molecular weight excluding hydrogens is 310 g/mol. The molecule has 0 radical (unpaired) electrons. The third-order valence-corrected chi connectivity index (χ3v) is 4.68. The maximum Gasteiger partial charge on any atom is 0.261 e. The van der Waals surface area contributed by atoms with Crippen LogP contribution < -0.4 is 4.74 Å². The van der Waals surface area contributed by atoms with Crippen molar-refractivity contribution in [2.75, 3.05) is 6.61 Å². The van der Waals surface area contributed by atoms with Crippen LogP contribution in [0.2, 0.25) is 0 Å². The molecule has 0 saturated heterocycles. The van der Waals surface area contributed by atoms with E-state index in [1.165, 1.54) is 11.8 Å². The Bertz CT molecular complexity index is 692. The highest BCUT2D eigenvalue weighted by Crippen LogP contribution is 2.29. The minimum Gasteiger partial charge on any atom is -0.484 e. The molecule has 3 rings (SSSR count). The number of amides is 1. The number of thiophene rings is 1. The quantitative estimate of drug-likeness (QED) is 0.730. The molecule has 4 nitrogen and oxygen atoms in total. The summed E-state index contributed by atoms with van der Waals surface area (Å²) in [7, 11) is 0. The Hall–Kier alpha value is -2.14. The zero-order valence-electron chi connectivity index (χ0n) is 13.0. The largest absolute Gasteiger partial charge is 0.484 e. The predicted octanol–water partition coefficient (Wildman–Crippen LogP) is 3.52. The van der Waals surface area contributed by atoms with E-state index in [4.69, 9.17) is 4.74 Å². The van der Waals surface area contributed by atoms with E-state index in [2.05, 4.69) is 0 Å². The van der Waals surface area contributed by atoms with Gasteiger partial charge < -0.3 is 9.64 Å². The number of ketones is 1.